The van der Waals surface area contributed by atoms with Gasteiger partial charge in [-0.2, -0.15) is 0 Å². The number of hydrogen-bond acceptors (Lipinski definition) is 0. The van der Waals surface area contributed by atoms with E-state index in [4.69, 9.17) is 0 Å². The van der Waals surface area contributed by atoms with Gasteiger partial charge in [0.15, 0.2) is 11.5 Å². The van der Waals surface area contributed by atoms with Crippen LogP contribution >= 0.6 is 0 Å². The summed E-state index contributed by atoms with van der Waals surface area (Å²) in [6.45, 7) is 11.8. The number of aryl methyl sites for hydroxylation is 4. The van der Waals surface area contributed by atoms with E-state index < -0.39 is 0 Å². The minimum atomic E-state index is -0.155. The minimum absolute atomic E-state index is 0.0582. The van der Waals surface area contributed by atoms with Crippen LogP contribution in [0.3, 0.4) is 0 Å². The van der Waals surface area contributed by atoms with Crippen molar-refractivity contribution in [3.05, 3.63) is 57.6 Å². The molecule has 0 spiro atoms. The van der Waals surface area contributed by atoms with Gasteiger partial charge in [-0.05, 0) is 44.7 Å². The van der Waals surface area contributed by atoms with Gasteiger partial charge in [-0.15, -0.1) is 0 Å². The van der Waals surface area contributed by atoms with Crippen molar-refractivity contribution in [1.29, 1.82) is 0 Å². The zero-order valence-corrected chi connectivity index (χ0v) is 14.3. The molecule has 0 atom stereocenters. The summed E-state index contributed by atoms with van der Waals surface area (Å²) in [5, 5.41) is 25.2. The molecule has 2 aromatic rings. The minimum Gasteiger partial charge on any atom is -0.289 e. The van der Waals surface area contributed by atoms with Gasteiger partial charge in [0.25, 0.3) is 0 Å². The molecular formula is C20H24O2. The molecule has 0 bridgehead atoms. The molecule has 0 N–H and O–H groups in total. The maximum Gasteiger partial charge on any atom is 0.185 e. The van der Waals surface area contributed by atoms with Gasteiger partial charge in [0.2, 0.25) is 0 Å². The van der Waals surface area contributed by atoms with Gasteiger partial charge in [-0.1, -0.05) is 49.2 Å². The second-order valence-electron chi connectivity index (χ2n) is 6.72. The van der Waals surface area contributed by atoms with Gasteiger partial charge in [0, 0.05) is 17.0 Å². The lowest BCUT2D eigenvalue weighted by Gasteiger charge is -2.24. The molecule has 0 saturated heterocycles. The molecule has 0 aliphatic heterocycles. The third-order valence-electron chi connectivity index (χ3n) is 4.23. The summed E-state index contributed by atoms with van der Waals surface area (Å²) in [6, 6.07) is 7.69. The Morgan fingerprint density at radius 1 is 0.682 bits per heavy atom. The average Bonchev–Trinajstić information content (AvgIpc) is 2.40. The standard InChI is InChI=1S/C20H24O2/c1-11(2)18(16-9-12(3)7-14(5)19(16)21)17-10-13(4)8-15(6)20(17)22/h7-11,18H,1-6H3. The fraction of sp³-hybridized carbons (Fsp3) is 0.400. The van der Waals surface area contributed by atoms with Crippen LogP contribution in [0.1, 0.15) is 53.1 Å². The molecule has 2 rings (SSSR count). The molecule has 0 saturated carbocycles. The van der Waals surface area contributed by atoms with Gasteiger partial charge in [0.1, 0.15) is 0 Å². The Labute approximate surface area is 133 Å². The van der Waals surface area contributed by atoms with E-state index in [0.717, 1.165) is 33.4 Å². The van der Waals surface area contributed by atoms with Crippen molar-refractivity contribution in [3.8, 4) is 11.5 Å². The Kier molecular flexibility index (Phi) is 4.50. The Bertz CT molecular complexity index is 642. The maximum absolute atomic E-state index is 12.6. The highest BCUT2D eigenvalue weighted by atomic mass is 16.3. The second kappa shape index (κ2) is 6.04. The normalized spacial score (nSPS) is 11.5. The molecular weight excluding hydrogens is 272 g/mol. The van der Waals surface area contributed by atoms with Crippen molar-refractivity contribution in [3.63, 3.8) is 0 Å². The zero-order valence-electron chi connectivity index (χ0n) is 14.3. The quantitative estimate of drug-likeness (QED) is 0.667. The van der Waals surface area contributed by atoms with Gasteiger partial charge >= 0.3 is 0 Å². The molecule has 2 heteroatoms. The molecule has 2 nitrogen and oxygen atoms in total. The Morgan fingerprint density at radius 3 is 1.36 bits per heavy atom. The van der Waals surface area contributed by atoms with Crippen molar-refractivity contribution in [2.75, 3.05) is 0 Å². The molecule has 2 radical (unpaired) electrons. The van der Waals surface area contributed by atoms with Crippen LogP contribution in [0.2, 0.25) is 0 Å². The lowest BCUT2D eigenvalue weighted by atomic mass is 9.79. The first kappa shape index (κ1) is 16.4. The van der Waals surface area contributed by atoms with Gasteiger partial charge in [-0.25, -0.2) is 0 Å². The highest BCUT2D eigenvalue weighted by Gasteiger charge is 2.27. The first-order valence-corrected chi connectivity index (χ1v) is 7.78. The molecule has 0 aromatic heterocycles. The summed E-state index contributed by atoms with van der Waals surface area (Å²) in [5.41, 5.74) is 5.11. The second-order valence-corrected chi connectivity index (χ2v) is 6.72. The topological polar surface area (TPSA) is 39.8 Å². The highest BCUT2D eigenvalue weighted by molar-refractivity contribution is 5.53. The van der Waals surface area contributed by atoms with E-state index >= 15 is 0 Å². The number of hydrogen-bond donors (Lipinski definition) is 0. The SMILES string of the molecule is Cc1cc(C)c([O])c(C(c2cc(C)cc(C)c2[O])C(C)C)c1. The van der Waals surface area contributed by atoms with E-state index in [1.54, 1.807) is 0 Å². The van der Waals surface area contributed by atoms with Crippen LogP contribution in [0.4, 0.5) is 0 Å². The molecule has 0 aliphatic carbocycles. The molecule has 0 amide bonds. The van der Waals surface area contributed by atoms with Crippen molar-refractivity contribution in [2.45, 2.75) is 47.5 Å². The fourth-order valence-corrected chi connectivity index (χ4v) is 3.32. The molecule has 0 fully saturated rings. The smallest absolute Gasteiger partial charge is 0.185 e. The molecule has 116 valence electrons. The zero-order chi connectivity index (χ0) is 16.6. The van der Waals surface area contributed by atoms with Crippen molar-refractivity contribution < 1.29 is 10.2 Å². The predicted octanol–water partition coefficient (Wildman–Crippen LogP) is 6.00. The maximum atomic E-state index is 12.6. The molecule has 22 heavy (non-hydrogen) atoms. The van der Waals surface area contributed by atoms with E-state index in [-0.39, 0.29) is 23.3 Å². The number of benzene rings is 2. The Morgan fingerprint density at radius 2 is 1.05 bits per heavy atom. The summed E-state index contributed by atoms with van der Waals surface area (Å²) in [4.78, 5) is 0. The number of rotatable bonds is 3. The van der Waals surface area contributed by atoms with Crippen LogP contribution in [-0.4, -0.2) is 0 Å². The van der Waals surface area contributed by atoms with Crippen molar-refractivity contribution in [1.82, 2.24) is 0 Å². The van der Waals surface area contributed by atoms with Crippen LogP contribution in [0, 0.1) is 33.6 Å². The Balaban J connectivity index is 2.73. The van der Waals surface area contributed by atoms with Crippen LogP contribution in [0.25, 0.3) is 0 Å². The Hall–Kier alpha value is -1.96. The van der Waals surface area contributed by atoms with E-state index in [0.29, 0.717) is 0 Å². The fourth-order valence-electron chi connectivity index (χ4n) is 3.32. The average molecular weight is 296 g/mol. The van der Waals surface area contributed by atoms with Crippen LogP contribution in [-0.2, 0) is 10.2 Å². The third-order valence-corrected chi connectivity index (χ3v) is 4.23. The first-order chi connectivity index (χ1) is 10.2. The summed E-state index contributed by atoms with van der Waals surface area (Å²) >= 11 is 0. The molecule has 0 unspecified atom stereocenters. The molecule has 0 aliphatic rings. The summed E-state index contributed by atoms with van der Waals surface area (Å²) < 4.78 is 0. The van der Waals surface area contributed by atoms with E-state index in [2.05, 4.69) is 13.8 Å². The lowest BCUT2D eigenvalue weighted by molar-refractivity contribution is 0.331. The largest absolute Gasteiger partial charge is 0.289 e. The van der Waals surface area contributed by atoms with Crippen molar-refractivity contribution in [2.24, 2.45) is 5.92 Å². The van der Waals surface area contributed by atoms with Crippen LogP contribution in [0.5, 0.6) is 11.5 Å². The van der Waals surface area contributed by atoms with E-state index in [9.17, 15) is 10.2 Å². The lowest BCUT2D eigenvalue weighted by Crippen LogP contribution is -2.10. The van der Waals surface area contributed by atoms with Crippen LogP contribution < -0.4 is 0 Å². The molecule has 0 heterocycles. The summed E-state index contributed by atoms with van der Waals surface area (Å²) in [5.74, 6) is 0.144. The van der Waals surface area contributed by atoms with Gasteiger partial charge in [-0.3, -0.25) is 10.2 Å². The third kappa shape index (κ3) is 2.96. The van der Waals surface area contributed by atoms with Gasteiger partial charge in [0.05, 0.1) is 0 Å². The monoisotopic (exact) mass is 296 g/mol. The van der Waals surface area contributed by atoms with Crippen LogP contribution in [0.15, 0.2) is 24.3 Å². The predicted molar refractivity (Wildman–Crippen MR) is 88.8 cm³/mol. The first-order valence-electron chi connectivity index (χ1n) is 7.78. The summed E-state index contributed by atoms with van der Waals surface area (Å²) in [6.07, 6.45) is 0. The highest BCUT2D eigenvalue weighted by Crippen LogP contribution is 2.43. The van der Waals surface area contributed by atoms with E-state index in [1.807, 2.05) is 52.0 Å². The van der Waals surface area contributed by atoms with Gasteiger partial charge < -0.3 is 0 Å². The molecule has 2 aromatic carbocycles. The summed E-state index contributed by atoms with van der Waals surface area (Å²) in [7, 11) is 0. The van der Waals surface area contributed by atoms with E-state index in [1.165, 1.54) is 0 Å². The van der Waals surface area contributed by atoms with Crippen molar-refractivity contribution >= 4 is 0 Å².